The first-order valence-electron chi connectivity index (χ1n) is 10.3. The summed E-state index contributed by atoms with van der Waals surface area (Å²) in [4.78, 5) is 42.3. The van der Waals surface area contributed by atoms with Gasteiger partial charge in [0.25, 0.3) is 5.91 Å². The zero-order chi connectivity index (χ0) is 21.0. The van der Waals surface area contributed by atoms with E-state index in [0.717, 1.165) is 36.9 Å². The number of likely N-dealkylation sites (tertiary alicyclic amines) is 1. The largest absolute Gasteiger partial charge is 0.455 e. The summed E-state index contributed by atoms with van der Waals surface area (Å²) in [5.74, 6) is -1.13. The first-order valence-corrected chi connectivity index (χ1v) is 10.3. The van der Waals surface area contributed by atoms with Gasteiger partial charge in [-0.2, -0.15) is 0 Å². The average molecular weight is 402 g/mol. The van der Waals surface area contributed by atoms with Crippen molar-refractivity contribution in [3.63, 3.8) is 0 Å². The summed E-state index contributed by atoms with van der Waals surface area (Å²) in [6.45, 7) is 0.575. The lowest BCUT2D eigenvalue weighted by Gasteiger charge is -2.23. The van der Waals surface area contributed by atoms with E-state index >= 15 is 0 Å². The van der Waals surface area contributed by atoms with E-state index in [1.807, 2.05) is 48.2 Å². The summed E-state index contributed by atoms with van der Waals surface area (Å²) < 4.78 is 5.24. The number of esters is 1. The van der Waals surface area contributed by atoms with Crippen LogP contribution in [0.4, 0.5) is 5.69 Å². The van der Waals surface area contributed by atoms with E-state index < -0.39 is 11.9 Å². The second-order valence-electron chi connectivity index (χ2n) is 8.30. The summed E-state index contributed by atoms with van der Waals surface area (Å²) in [6, 6.07) is 8.23. The van der Waals surface area contributed by atoms with Gasteiger partial charge in [0, 0.05) is 52.4 Å². The number of ether oxygens (including phenoxy) is 1. The molecule has 0 bridgehead atoms. The maximum atomic E-state index is 12.4. The standard InChI is InChI=1S/C22H31N3O4/c1-23(2)18-10-8-16(9-11-18)13-24(3)21(27)15-29-22(28)17-12-20(26)25(14-17)19-6-4-5-7-19/h8-11,17,19H,4-7,12-15H2,1-3H3/t17-/m1/s1. The van der Waals surface area contributed by atoms with Crippen LogP contribution in [0, 0.1) is 5.92 Å². The molecule has 1 heterocycles. The Bertz CT molecular complexity index is 741. The highest BCUT2D eigenvalue weighted by atomic mass is 16.5. The van der Waals surface area contributed by atoms with Crippen LogP contribution in [0.1, 0.15) is 37.7 Å². The highest BCUT2D eigenvalue weighted by Gasteiger charge is 2.39. The van der Waals surface area contributed by atoms with Gasteiger partial charge in [-0.05, 0) is 30.5 Å². The molecule has 1 saturated carbocycles. The Hall–Kier alpha value is -2.57. The number of benzene rings is 1. The quantitative estimate of drug-likeness (QED) is 0.654. The maximum Gasteiger partial charge on any atom is 0.311 e. The molecule has 29 heavy (non-hydrogen) atoms. The average Bonchev–Trinajstić information content (AvgIpc) is 3.35. The van der Waals surface area contributed by atoms with Gasteiger partial charge in [0.05, 0.1) is 5.92 Å². The molecule has 0 aromatic heterocycles. The first-order chi connectivity index (χ1) is 13.8. The Morgan fingerprint density at radius 3 is 2.38 bits per heavy atom. The van der Waals surface area contributed by atoms with E-state index in [1.54, 1.807) is 11.9 Å². The Kier molecular flexibility index (Phi) is 6.77. The van der Waals surface area contributed by atoms with Gasteiger partial charge in [-0.15, -0.1) is 0 Å². The van der Waals surface area contributed by atoms with Crippen molar-refractivity contribution in [1.29, 1.82) is 0 Å². The maximum absolute atomic E-state index is 12.4. The van der Waals surface area contributed by atoms with Crippen molar-refractivity contribution in [2.75, 3.05) is 39.2 Å². The zero-order valence-corrected chi connectivity index (χ0v) is 17.6. The molecule has 1 aromatic rings. The van der Waals surface area contributed by atoms with E-state index in [9.17, 15) is 14.4 Å². The Balaban J connectivity index is 1.44. The molecule has 0 unspecified atom stereocenters. The molecular formula is C22H31N3O4. The fraction of sp³-hybridized carbons (Fsp3) is 0.591. The lowest BCUT2D eigenvalue weighted by atomic mass is 10.1. The van der Waals surface area contributed by atoms with E-state index in [-0.39, 0.29) is 30.9 Å². The summed E-state index contributed by atoms with van der Waals surface area (Å²) in [6.07, 6.45) is 4.51. The molecule has 1 aliphatic heterocycles. The highest BCUT2D eigenvalue weighted by Crippen LogP contribution is 2.29. The molecule has 158 valence electrons. The zero-order valence-electron chi connectivity index (χ0n) is 17.6. The normalized spacial score (nSPS) is 19.5. The number of carbonyl (C=O) groups excluding carboxylic acids is 3. The minimum atomic E-state index is -0.459. The number of likely N-dealkylation sites (N-methyl/N-ethyl adjacent to an activating group) is 1. The van der Waals surface area contributed by atoms with Gasteiger partial charge in [-0.25, -0.2) is 0 Å². The van der Waals surface area contributed by atoms with Crippen LogP contribution in [0.25, 0.3) is 0 Å². The molecule has 1 saturated heterocycles. The topological polar surface area (TPSA) is 70.2 Å². The number of nitrogens with zero attached hydrogens (tertiary/aromatic N) is 3. The van der Waals surface area contributed by atoms with Crippen molar-refractivity contribution < 1.29 is 19.1 Å². The predicted octanol–water partition coefficient (Wildman–Crippen LogP) is 2.05. The molecular weight excluding hydrogens is 370 g/mol. The second kappa shape index (κ2) is 9.29. The molecule has 1 atom stereocenters. The fourth-order valence-electron chi connectivity index (χ4n) is 4.08. The van der Waals surface area contributed by atoms with Crippen LogP contribution in [0.5, 0.6) is 0 Å². The molecule has 2 amide bonds. The van der Waals surface area contributed by atoms with E-state index in [4.69, 9.17) is 4.74 Å². The predicted molar refractivity (Wildman–Crippen MR) is 110 cm³/mol. The van der Waals surface area contributed by atoms with Crippen LogP contribution < -0.4 is 4.90 Å². The number of rotatable bonds is 7. The van der Waals surface area contributed by atoms with Crippen molar-refractivity contribution in [3.05, 3.63) is 29.8 Å². The Labute approximate surface area is 172 Å². The molecule has 3 rings (SSSR count). The third-order valence-corrected chi connectivity index (χ3v) is 5.89. The van der Waals surface area contributed by atoms with Gasteiger partial charge in [-0.3, -0.25) is 14.4 Å². The molecule has 1 aliphatic carbocycles. The van der Waals surface area contributed by atoms with Gasteiger partial charge >= 0.3 is 5.97 Å². The van der Waals surface area contributed by atoms with Crippen LogP contribution in [-0.2, 0) is 25.7 Å². The van der Waals surface area contributed by atoms with Gasteiger partial charge < -0.3 is 19.4 Å². The molecule has 1 aromatic carbocycles. The molecule has 0 spiro atoms. The van der Waals surface area contributed by atoms with E-state index in [0.29, 0.717) is 13.1 Å². The summed E-state index contributed by atoms with van der Waals surface area (Å²) in [5, 5.41) is 0. The van der Waals surface area contributed by atoms with Gasteiger partial charge in [0.2, 0.25) is 5.91 Å². The number of anilines is 1. The molecule has 0 N–H and O–H groups in total. The van der Waals surface area contributed by atoms with Crippen molar-refractivity contribution in [2.45, 2.75) is 44.7 Å². The van der Waals surface area contributed by atoms with Crippen LogP contribution in [0.15, 0.2) is 24.3 Å². The van der Waals surface area contributed by atoms with Gasteiger partial charge in [0.15, 0.2) is 6.61 Å². The highest BCUT2D eigenvalue weighted by molar-refractivity contribution is 5.88. The minimum Gasteiger partial charge on any atom is -0.455 e. The van der Waals surface area contributed by atoms with Crippen LogP contribution >= 0.6 is 0 Å². The molecule has 7 nitrogen and oxygen atoms in total. The Morgan fingerprint density at radius 1 is 1.10 bits per heavy atom. The second-order valence-corrected chi connectivity index (χ2v) is 8.30. The van der Waals surface area contributed by atoms with Crippen LogP contribution in [0.3, 0.4) is 0 Å². The summed E-state index contributed by atoms with van der Waals surface area (Å²) in [5.41, 5.74) is 2.10. The molecule has 2 fully saturated rings. The number of amides is 2. The van der Waals surface area contributed by atoms with Crippen molar-refractivity contribution in [2.24, 2.45) is 5.92 Å². The van der Waals surface area contributed by atoms with Gasteiger partial charge in [-0.1, -0.05) is 25.0 Å². The molecule has 0 radical (unpaired) electrons. The number of hydrogen-bond acceptors (Lipinski definition) is 5. The number of hydrogen-bond donors (Lipinski definition) is 0. The SMILES string of the molecule is CN(Cc1ccc(N(C)C)cc1)C(=O)COC(=O)[C@@H]1CC(=O)N(C2CCCC2)C1. The van der Waals surface area contributed by atoms with Crippen molar-refractivity contribution in [1.82, 2.24) is 9.80 Å². The third-order valence-electron chi connectivity index (χ3n) is 5.89. The third kappa shape index (κ3) is 5.28. The lowest BCUT2D eigenvalue weighted by molar-refractivity contribution is -0.155. The Morgan fingerprint density at radius 2 is 1.76 bits per heavy atom. The van der Waals surface area contributed by atoms with Crippen molar-refractivity contribution >= 4 is 23.5 Å². The lowest BCUT2D eigenvalue weighted by Crippen LogP contribution is -2.35. The van der Waals surface area contributed by atoms with Crippen LogP contribution in [-0.4, -0.2) is 67.9 Å². The molecule has 7 heteroatoms. The minimum absolute atomic E-state index is 0.0310. The van der Waals surface area contributed by atoms with Crippen molar-refractivity contribution in [3.8, 4) is 0 Å². The summed E-state index contributed by atoms with van der Waals surface area (Å²) >= 11 is 0. The van der Waals surface area contributed by atoms with E-state index in [2.05, 4.69) is 0 Å². The monoisotopic (exact) mass is 401 g/mol. The van der Waals surface area contributed by atoms with E-state index in [1.165, 1.54) is 0 Å². The molecule has 2 aliphatic rings. The fourth-order valence-corrected chi connectivity index (χ4v) is 4.08. The summed E-state index contributed by atoms with van der Waals surface area (Å²) in [7, 11) is 5.64. The first kappa shape index (κ1) is 21.1. The smallest absolute Gasteiger partial charge is 0.311 e. The number of carbonyl (C=O) groups is 3. The van der Waals surface area contributed by atoms with Crippen LogP contribution in [0.2, 0.25) is 0 Å². The van der Waals surface area contributed by atoms with Gasteiger partial charge in [0.1, 0.15) is 0 Å².